The van der Waals surface area contributed by atoms with Gasteiger partial charge in [-0.3, -0.25) is 4.79 Å². The number of amides is 1. The quantitative estimate of drug-likeness (QED) is 0.821. The third kappa shape index (κ3) is 2.98. The van der Waals surface area contributed by atoms with E-state index in [2.05, 4.69) is 5.32 Å². The Morgan fingerprint density at radius 1 is 1.33 bits per heavy atom. The second-order valence-electron chi connectivity index (χ2n) is 3.62. The molecule has 15 heavy (non-hydrogen) atoms. The number of carbonyl (C=O) groups is 1. The SMILES string of the molecule is CNC(=O)C(C)Oc1ccc(C)c(C)c1. The van der Waals surface area contributed by atoms with Gasteiger partial charge >= 0.3 is 0 Å². The van der Waals surface area contributed by atoms with Crippen molar-refractivity contribution in [2.24, 2.45) is 0 Å². The predicted octanol–water partition coefficient (Wildman–Crippen LogP) is 1.82. The summed E-state index contributed by atoms with van der Waals surface area (Å²) in [4.78, 5) is 11.2. The third-order valence-corrected chi connectivity index (χ3v) is 2.41. The van der Waals surface area contributed by atoms with Gasteiger partial charge in [0.05, 0.1) is 0 Å². The van der Waals surface area contributed by atoms with Crippen molar-refractivity contribution in [3.05, 3.63) is 29.3 Å². The lowest BCUT2D eigenvalue weighted by Gasteiger charge is -2.13. The highest BCUT2D eigenvalue weighted by Crippen LogP contribution is 2.17. The van der Waals surface area contributed by atoms with Gasteiger partial charge in [0.1, 0.15) is 5.75 Å². The zero-order chi connectivity index (χ0) is 11.4. The first-order valence-electron chi connectivity index (χ1n) is 5.00. The molecule has 0 saturated carbocycles. The molecule has 0 bridgehead atoms. The number of rotatable bonds is 3. The molecule has 0 fully saturated rings. The Bertz CT molecular complexity index is 361. The summed E-state index contributed by atoms with van der Waals surface area (Å²) in [6.07, 6.45) is -0.461. The minimum Gasteiger partial charge on any atom is -0.481 e. The summed E-state index contributed by atoms with van der Waals surface area (Å²) in [5.74, 6) is 0.613. The molecule has 1 aromatic rings. The number of ether oxygens (including phenoxy) is 1. The highest BCUT2D eigenvalue weighted by Gasteiger charge is 2.12. The fraction of sp³-hybridized carbons (Fsp3) is 0.417. The standard InChI is InChI=1S/C12H17NO2/c1-8-5-6-11(7-9(8)2)15-10(3)12(14)13-4/h5-7,10H,1-4H3,(H,13,14). The molecule has 0 radical (unpaired) electrons. The van der Waals surface area contributed by atoms with E-state index >= 15 is 0 Å². The maximum absolute atomic E-state index is 11.2. The molecule has 0 spiro atoms. The Morgan fingerprint density at radius 2 is 2.00 bits per heavy atom. The van der Waals surface area contributed by atoms with Crippen LogP contribution < -0.4 is 10.1 Å². The van der Waals surface area contributed by atoms with Gasteiger partial charge in [-0.05, 0) is 44.0 Å². The minimum atomic E-state index is -0.461. The first-order valence-corrected chi connectivity index (χ1v) is 5.00. The van der Waals surface area contributed by atoms with Crippen molar-refractivity contribution < 1.29 is 9.53 Å². The molecule has 1 aromatic carbocycles. The summed E-state index contributed by atoms with van der Waals surface area (Å²) < 4.78 is 5.49. The van der Waals surface area contributed by atoms with E-state index in [0.717, 1.165) is 11.3 Å². The number of nitrogens with one attached hydrogen (secondary N) is 1. The summed E-state index contributed by atoms with van der Waals surface area (Å²) >= 11 is 0. The monoisotopic (exact) mass is 207 g/mol. The predicted molar refractivity (Wildman–Crippen MR) is 60.1 cm³/mol. The van der Waals surface area contributed by atoms with Crippen molar-refractivity contribution in [2.75, 3.05) is 7.05 Å². The van der Waals surface area contributed by atoms with Gasteiger partial charge in [-0.15, -0.1) is 0 Å². The van der Waals surface area contributed by atoms with Crippen LogP contribution in [-0.2, 0) is 4.79 Å². The summed E-state index contributed by atoms with van der Waals surface area (Å²) in [6, 6.07) is 5.80. The molecule has 1 amide bonds. The maximum Gasteiger partial charge on any atom is 0.260 e. The Balaban J connectivity index is 2.73. The van der Waals surface area contributed by atoms with Crippen LogP contribution in [0.5, 0.6) is 5.75 Å². The lowest BCUT2D eigenvalue weighted by atomic mass is 10.1. The van der Waals surface area contributed by atoms with Crippen LogP contribution in [0.25, 0.3) is 0 Å². The molecular formula is C12H17NO2. The van der Waals surface area contributed by atoms with Crippen LogP contribution in [0.3, 0.4) is 0 Å². The zero-order valence-corrected chi connectivity index (χ0v) is 9.63. The molecule has 0 aliphatic rings. The fourth-order valence-electron chi connectivity index (χ4n) is 1.25. The van der Waals surface area contributed by atoms with Gasteiger partial charge in [0.25, 0.3) is 5.91 Å². The lowest BCUT2D eigenvalue weighted by molar-refractivity contribution is -0.126. The number of carbonyl (C=O) groups excluding carboxylic acids is 1. The van der Waals surface area contributed by atoms with Gasteiger partial charge in [0.15, 0.2) is 6.10 Å². The van der Waals surface area contributed by atoms with Crippen molar-refractivity contribution >= 4 is 5.91 Å². The molecule has 1 rings (SSSR count). The molecule has 3 heteroatoms. The Kier molecular flexibility index (Phi) is 3.72. The van der Waals surface area contributed by atoms with Gasteiger partial charge in [0, 0.05) is 7.05 Å². The van der Waals surface area contributed by atoms with Crippen LogP contribution in [-0.4, -0.2) is 19.1 Å². The second-order valence-corrected chi connectivity index (χ2v) is 3.62. The van der Waals surface area contributed by atoms with E-state index in [1.807, 2.05) is 32.0 Å². The average Bonchev–Trinajstić information content (AvgIpc) is 2.22. The van der Waals surface area contributed by atoms with E-state index in [9.17, 15) is 4.79 Å². The Hall–Kier alpha value is -1.51. The smallest absolute Gasteiger partial charge is 0.260 e. The largest absolute Gasteiger partial charge is 0.481 e. The van der Waals surface area contributed by atoms with Gasteiger partial charge < -0.3 is 10.1 Å². The van der Waals surface area contributed by atoms with E-state index in [0.29, 0.717) is 0 Å². The zero-order valence-electron chi connectivity index (χ0n) is 9.63. The lowest BCUT2D eigenvalue weighted by Crippen LogP contribution is -2.33. The van der Waals surface area contributed by atoms with Crippen LogP contribution in [0.4, 0.5) is 0 Å². The molecule has 0 aliphatic heterocycles. The highest BCUT2D eigenvalue weighted by molar-refractivity contribution is 5.80. The number of aryl methyl sites for hydroxylation is 2. The minimum absolute atomic E-state index is 0.117. The van der Waals surface area contributed by atoms with Crippen LogP contribution in [0.2, 0.25) is 0 Å². The van der Waals surface area contributed by atoms with E-state index in [1.54, 1.807) is 14.0 Å². The van der Waals surface area contributed by atoms with Crippen LogP contribution in [0, 0.1) is 13.8 Å². The molecule has 1 N–H and O–H groups in total. The topological polar surface area (TPSA) is 38.3 Å². The number of benzene rings is 1. The van der Waals surface area contributed by atoms with Crippen molar-refractivity contribution in [1.82, 2.24) is 5.32 Å². The highest BCUT2D eigenvalue weighted by atomic mass is 16.5. The fourth-order valence-corrected chi connectivity index (χ4v) is 1.25. The summed E-state index contributed by atoms with van der Waals surface area (Å²) in [7, 11) is 1.60. The second kappa shape index (κ2) is 4.82. The normalized spacial score (nSPS) is 12.0. The number of hydrogen-bond donors (Lipinski definition) is 1. The molecule has 1 atom stereocenters. The van der Waals surface area contributed by atoms with Crippen molar-refractivity contribution in [1.29, 1.82) is 0 Å². The first-order chi connectivity index (χ1) is 7.04. The van der Waals surface area contributed by atoms with Crippen molar-refractivity contribution in [3.8, 4) is 5.75 Å². The summed E-state index contributed by atoms with van der Waals surface area (Å²) in [5.41, 5.74) is 2.38. The van der Waals surface area contributed by atoms with Gasteiger partial charge in [0.2, 0.25) is 0 Å². The third-order valence-electron chi connectivity index (χ3n) is 2.41. The van der Waals surface area contributed by atoms with Crippen LogP contribution in [0.1, 0.15) is 18.1 Å². The van der Waals surface area contributed by atoms with Crippen molar-refractivity contribution in [3.63, 3.8) is 0 Å². The van der Waals surface area contributed by atoms with E-state index in [-0.39, 0.29) is 5.91 Å². The van der Waals surface area contributed by atoms with E-state index in [1.165, 1.54) is 5.56 Å². The summed E-state index contributed by atoms with van der Waals surface area (Å²) in [6.45, 7) is 5.79. The molecule has 0 aromatic heterocycles. The molecule has 82 valence electrons. The number of likely N-dealkylation sites (N-methyl/N-ethyl adjacent to an activating group) is 1. The Labute approximate surface area is 90.4 Å². The van der Waals surface area contributed by atoms with Crippen LogP contribution >= 0.6 is 0 Å². The Morgan fingerprint density at radius 3 is 2.53 bits per heavy atom. The molecule has 0 saturated heterocycles. The van der Waals surface area contributed by atoms with Gasteiger partial charge in [-0.1, -0.05) is 6.07 Å². The molecular weight excluding hydrogens is 190 g/mol. The van der Waals surface area contributed by atoms with Crippen LogP contribution in [0.15, 0.2) is 18.2 Å². The average molecular weight is 207 g/mol. The molecule has 1 unspecified atom stereocenters. The number of hydrogen-bond acceptors (Lipinski definition) is 2. The first kappa shape index (κ1) is 11.6. The van der Waals surface area contributed by atoms with Gasteiger partial charge in [-0.25, -0.2) is 0 Å². The van der Waals surface area contributed by atoms with E-state index < -0.39 is 6.10 Å². The maximum atomic E-state index is 11.2. The molecule has 3 nitrogen and oxygen atoms in total. The molecule has 0 heterocycles. The van der Waals surface area contributed by atoms with E-state index in [4.69, 9.17) is 4.74 Å². The molecule has 0 aliphatic carbocycles. The van der Waals surface area contributed by atoms with Crippen molar-refractivity contribution in [2.45, 2.75) is 26.9 Å². The summed E-state index contributed by atoms with van der Waals surface area (Å²) in [5, 5.41) is 2.55. The van der Waals surface area contributed by atoms with Gasteiger partial charge in [-0.2, -0.15) is 0 Å².